The summed E-state index contributed by atoms with van der Waals surface area (Å²) in [5, 5.41) is 1.75. The Morgan fingerprint density at radius 3 is 1.85 bits per heavy atom. The van der Waals surface area contributed by atoms with Crippen LogP contribution in [0, 0.1) is 10.8 Å². The minimum Gasteiger partial charge on any atom is -0.448 e. The van der Waals surface area contributed by atoms with E-state index in [-0.39, 0.29) is 11.9 Å². The summed E-state index contributed by atoms with van der Waals surface area (Å²) in [6, 6.07) is 19.2. The lowest BCUT2D eigenvalue weighted by Gasteiger charge is -2.37. The molecule has 5 heteroatoms. The Morgan fingerprint density at radius 2 is 1.44 bits per heavy atom. The molecule has 0 aromatic heterocycles. The average Bonchev–Trinajstić information content (AvgIpc) is 2.97. The van der Waals surface area contributed by atoms with Crippen molar-refractivity contribution in [3.05, 3.63) is 60.7 Å². The highest BCUT2D eigenvalue weighted by molar-refractivity contribution is 5.97. The van der Waals surface area contributed by atoms with E-state index in [2.05, 4.69) is 5.43 Å². The minimum absolute atomic E-state index is 0.278. The molecule has 140 valence electrons. The van der Waals surface area contributed by atoms with Crippen molar-refractivity contribution >= 4 is 23.3 Å². The Labute approximate surface area is 159 Å². The fourth-order valence-electron chi connectivity index (χ4n) is 4.37. The van der Waals surface area contributed by atoms with Crippen molar-refractivity contribution in [1.82, 2.24) is 5.43 Å². The normalized spacial score (nSPS) is 27.9. The third-order valence-corrected chi connectivity index (χ3v) is 6.69. The molecular formula is C22H24N2O3. The zero-order valence-corrected chi connectivity index (χ0v) is 15.9. The van der Waals surface area contributed by atoms with Crippen molar-refractivity contribution in [1.29, 1.82) is 0 Å². The molecule has 1 N–H and O–H groups in total. The summed E-state index contributed by atoms with van der Waals surface area (Å²) in [5.74, 6) is -0.561. The van der Waals surface area contributed by atoms with Gasteiger partial charge in [-0.25, -0.2) is 0 Å². The smallest absolute Gasteiger partial charge is 0.313 e. The summed E-state index contributed by atoms with van der Waals surface area (Å²) in [7, 11) is 0. The van der Waals surface area contributed by atoms with Gasteiger partial charge in [0.05, 0.1) is 16.8 Å². The van der Waals surface area contributed by atoms with Crippen molar-refractivity contribution in [2.45, 2.75) is 39.2 Å². The molecular weight excluding hydrogens is 340 g/mol. The van der Waals surface area contributed by atoms with Crippen LogP contribution in [0.4, 0.5) is 11.4 Å². The van der Waals surface area contributed by atoms with Gasteiger partial charge >= 0.3 is 5.97 Å². The van der Waals surface area contributed by atoms with Crippen LogP contribution in [0.15, 0.2) is 60.7 Å². The highest BCUT2D eigenvalue weighted by Crippen LogP contribution is 2.65. The summed E-state index contributed by atoms with van der Waals surface area (Å²) in [5.41, 5.74) is 2.31. The SMILES string of the molecule is CC12CCC(C(=O)NN(c3ccccc3)c3ccccc3)(OC1=O)C2(C)C. The molecule has 2 aromatic carbocycles. The van der Waals surface area contributed by atoms with Gasteiger partial charge in [-0.05, 0) is 44.0 Å². The standard InChI is InChI=1S/C22H24N2O3/c1-20(2)21(3)14-15-22(20,27-19(21)26)18(25)23-24(16-10-6-4-7-11-16)17-12-8-5-9-13-17/h4-13H,14-15H2,1-3H3,(H,23,25). The molecule has 2 fully saturated rings. The number of anilines is 2. The number of ether oxygens (including phenoxy) is 1. The molecule has 2 aliphatic rings. The molecule has 4 rings (SSSR count). The van der Waals surface area contributed by atoms with E-state index in [9.17, 15) is 9.59 Å². The molecule has 1 saturated carbocycles. The number of carbonyl (C=O) groups is 2. The molecule has 27 heavy (non-hydrogen) atoms. The molecule has 2 bridgehead atoms. The number of amides is 1. The predicted molar refractivity (Wildman–Crippen MR) is 103 cm³/mol. The number of hydrogen-bond acceptors (Lipinski definition) is 4. The van der Waals surface area contributed by atoms with Crippen LogP contribution in [-0.4, -0.2) is 17.5 Å². The van der Waals surface area contributed by atoms with Gasteiger partial charge in [0.15, 0.2) is 5.60 Å². The number of hydrazine groups is 1. The molecule has 1 saturated heterocycles. The van der Waals surface area contributed by atoms with Gasteiger partial charge in [0.2, 0.25) is 0 Å². The van der Waals surface area contributed by atoms with Gasteiger partial charge in [-0.3, -0.25) is 20.0 Å². The van der Waals surface area contributed by atoms with Crippen LogP contribution >= 0.6 is 0 Å². The highest BCUT2D eigenvalue weighted by atomic mass is 16.6. The lowest BCUT2D eigenvalue weighted by molar-refractivity contribution is -0.168. The Hall–Kier alpha value is -2.82. The lowest BCUT2D eigenvalue weighted by Crippen LogP contribution is -2.57. The van der Waals surface area contributed by atoms with Crippen LogP contribution in [0.2, 0.25) is 0 Å². The molecule has 2 aromatic rings. The van der Waals surface area contributed by atoms with Gasteiger partial charge in [0.1, 0.15) is 0 Å². The Kier molecular flexibility index (Phi) is 3.81. The zero-order chi connectivity index (χ0) is 19.3. The zero-order valence-electron chi connectivity index (χ0n) is 15.9. The van der Waals surface area contributed by atoms with Crippen LogP contribution in [0.5, 0.6) is 0 Å². The van der Waals surface area contributed by atoms with Gasteiger partial charge in [0.25, 0.3) is 5.91 Å². The number of hydrogen-bond donors (Lipinski definition) is 1. The van der Waals surface area contributed by atoms with Gasteiger partial charge in [-0.15, -0.1) is 0 Å². The van der Waals surface area contributed by atoms with E-state index in [4.69, 9.17) is 4.74 Å². The summed E-state index contributed by atoms with van der Waals surface area (Å²) in [6.07, 6.45) is 1.19. The van der Waals surface area contributed by atoms with Crippen LogP contribution < -0.4 is 10.4 Å². The molecule has 0 spiro atoms. The number of nitrogens with one attached hydrogen (secondary N) is 1. The molecule has 1 aliphatic carbocycles. The Bertz CT molecular complexity index is 841. The number of nitrogens with zero attached hydrogens (tertiary/aromatic N) is 1. The second kappa shape index (κ2) is 5.84. The molecule has 1 amide bonds. The molecule has 5 nitrogen and oxygen atoms in total. The van der Waals surface area contributed by atoms with Crippen molar-refractivity contribution in [3.8, 4) is 0 Å². The number of benzene rings is 2. The first-order chi connectivity index (χ1) is 12.8. The topological polar surface area (TPSA) is 58.6 Å². The molecule has 1 heterocycles. The van der Waals surface area contributed by atoms with E-state index in [0.29, 0.717) is 12.8 Å². The van der Waals surface area contributed by atoms with Crippen LogP contribution in [-0.2, 0) is 14.3 Å². The quantitative estimate of drug-likeness (QED) is 0.659. The minimum atomic E-state index is -1.15. The molecule has 1 aliphatic heterocycles. The van der Waals surface area contributed by atoms with E-state index in [1.165, 1.54) is 0 Å². The van der Waals surface area contributed by atoms with Crippen molar-refractivity contribution in [2.75, 3.05) is 5.01 Å². The van der Waals surface area contributed by atoms with Gasteiger partial charge in [-0.1, -0.05) is 50.2 Å². The summed E-state index contributed by atoms with van der Waals surface area (Å²) >= 11 is 0. The van der Waals surface area contributed by atoms with Crippen molar-refractivity contribution < 1.29 is 14.3 Å². The van der Waals surface area contributed by atoms with E-state index in [1.54, 1.807) is 5.01 Å². The van der Waals surface area contributed by atoms with Gasteiger partial charge in [-0.2, -0.15) is 0 Å². The van der Waals surface area contributed by atoms with E-state index in [0.717, 1.165) is 11.4 Å². The maximum absolute atomic E-state index is 13.5. The van der Waals surface area contributed by atoms with E-state index >= 15 is 0 Å². The lowest BCUT2D eigenvalue weighted by atomic mass is 9.66. The van der Waals surface area contributed by atoms with E-state index < -0.39 is 16.4 Å². The summed E-state index contributed by atoms with van der Waals surface area (Å²) in [6.45, 7) is 5.82. The number of carbonyl (C=O) groups excluding carboxylic acids is 2. The maximum Gasteiger partial charge on any atom is 0.313 e. The summed E-state index contributed by atoms with van der Waals surface area (Å²) in [4.78, 5) is 25.9. The molecule has 2 unspecified atom stereocenters. The number of para-hydroxylation sites is 2. The monoisotopic (exact) mass is 364 g/mol. The van der Waals surface area contributed by atoms with E-state index in [1.807, 2.05) is 81.4 Å². The third-order valence-electron chi connectivity index (χ3n) is 6.69. The predicted octanol–water partition coefficient (Wildman–Crippen LogP) is 3.98. The summed E-state index contributed by atoms with van der Waals surface area (Å²) < 4.78 is 5.72. The fraction of sp³-hybridized carbons (Fsp3) is 0.364. The number of rotatable bonds is 4. The second-order valence-electron chi connectivity index (χ2n) is 8.12. The fourth-order valence-corrected chi connectivity index (χ4v) is 4.37. The van der Waals surface area contributed by atoms with Crippen molar-refractivity contribution in [2.24, 2.45) is 10.8 Å². The van der Waals surface area contributed by atoms with Gasteiger partial charge < -0.3 is 4.74 Å². The third kappa shape index (κ3) is 2.30. The number of esters is 1. The second-order valence-corrected chi connectivity index (χ2v) is 8.12. The number of fused-ring (bicyclic) bond motifs is 2. The first-order valence-corrected chi connectivity index (χ1v) is 9.27. The average molecular weight is 364 g/mol. The van der Waals surface area contributed by atoms with Crippen LogP contribution in [0.25, 0.3) is 0 Å². The first kappa shape index (κ1) is 17.6. The highest BCUT2D eigenvalue weighted by Gasteiger charge is 2.75. The molecule has 2 atom stereocenters. The van der Waals surface area contributed by atoms with Crippen LogP contribution in [0.1, 0.15) is 33.6 Å². The molecule has 0 radical (unpaired) electrons. The van der Waals surface area contributed by atoms with Crippen molar-refractivity contribution in [3.63, 3.8) is 0 Å². The van der Waals surface area contributed by atoms with Gasteiger partial charge in [0, 0.05) is 5.41 Å². The largest absolute Gasteiger partial charge is 0.448 e. The van der Waals surface area contributed by atoms with Crippen LogP contribution in [0.3, 0.4) is 0 Å². The maximum atomic E-state index is 13.5. The Balaban J connectivity index is 1.71. The first-order valence-electron chi connectivity index (χ1n) is 9.27. The Morgan fingerprint density at radius 1 is 0.926 bits per heavy atom.